The van der Waals surface area contributed by atoms with Gasteiger partial charge < -0.3 is 26.2 Å². The van der Waals surface area contributed by atoms with Gasteiger partial charge in [0.15, 0.2) is 6.04 Å². The van der Waals surface area contributed by atoms with E-state index in [9.17, 15) is 4.79 Å². The van der Waals surface area contributed by atoms with Gasteiger partial charge in [0, 0.05) is 6.42 Å². The lowest BCUT2D eigenvalue weighted by atomic mass is 10.0. The van der Waals surface area contributed by atoms with Crippen LogP contribution in [-0.2, 0) is 9.53 Å². The van der Waals surface area contributed by atoms with Crippen molar-refractivity contribution in [2.75, 3.05) is 27.7 Å². The van der Waals surface area contributed by atoms with Crippen molar-refractivity contribution in [1.29, 1.82) is 0 Å². The highest BCUT2D eigenvalue weighted by Crippen LogP contribution is 2.16. The van der Waals surface area contributed by atoms with E-state index in [1.807, 2.05) is 6.92 Å². The Hall–Kier alpha value is -0.0900. The van der Waals surface area contributed by atoms with Gasteiger partial charge >= 0.3 is 5.97 Å². The molecule has 4 heteroatoms. The molecule has 0 heterocycles. The summed E-state index contributed by atoms with van der Waals surface area (Å²) >= 11 is 0. The largest absolute Gasteiger partial charge is 1.00 e. The van der Waals surface area contributed by atoms with Gasteiger partial charge in [0.1, 0.15) is 0 Å². The smallest absolute Gasteiger partial charge is 0.364 e. The second kappa shape index (κ2) is 13.6. The molecule has 0 aliphatic heterocycles. The highest BCUT2D eigenvalue weighted by molar-refractivity contribution is 5.74. The quantitative estimate of drug-likeness (QED) is 0.294. The van der Waals surface area contributed by atoms with Crippen LogP contribution in [0.1, 0.15) is 71.6 Å². The Bertz CT molecular complexity index is 252. The van der Waals surface area contributed by atoms with Crippen molar-refractivity contribution in [3.63, 3.8) is 0 Å². The molecular formula is C17H36BrNO2. The SMILES string of the molecule is CCCCCCCCCCC(C(=O)OCC)[N+](C)(C)C.[Br-]. The number of hydrogen-bond donors (Lipinski definition) is 0. The van der Waals surface area contributed by atoms with Crippen LogP contribution in [0.3, 0.4) is 0 Å². The van der Waals surface area contributed by atoms with Crippen molar-refractivity contribution < 1.29 is 31.0 Å². The Morgan fingerprint density at radius 3 is 1.81 bits per heavy atom. The van der Waals surface area contributed by atoms with Gasteiger partial charge in [0.05, 0.1) is 27.7 Å². The topological polar surface area (TPSA) is 26.3 Å². The molecule has 1 atom stereocenters. The van der Waals surface area contributed by atoms with Gasteiger partial charge in [-0.05, 0) is 13.3 Å². The van der Waals surface area contributed by atoms with Crippen LogP contribution < -0.4 is 17.0 Å². The van der Waals surface area contributed by atoms with Gasteiger partial charge in [0.2, 0.25) is 0 Å². The normalized spacial score (nSPS) is 12.6. The average Bonchev–Trinajstić information content (AvgIpc) is 2.35. The van der Waals surface area contributed by atoms with E-state index < -0.39 is 0 Å². The molecule has 0 aromatic heterocycles. The predicted octanol–water partition coefficient (Wildman–Crippen LogP) is 1.16. The lowest BCUT2D eigenvalue weighted by Crippen LogP contribution is -3.00. The summed E-state index contributed by atoms with van der Waals surface area (Å²) in [5.74, 6) is -0.0389. The number of esters is 1. The van der Waals surface area contributed by atoms with E-state index in [1.165, 1.54) is 44.9 Å². The van der Waals surface area contributed by atoms with Crippen molar-refractivity contribution >= 4 is 5.97 Å². The first kappa shape index (κ1) is 23.2. The summed E-state index contributed by atoms with van der Waals surface area (Å²) in [6.45, 7) is 4.61. The number of halogens is 1. The van der Waals surface area contributed by atoms with Gasteiger partial charge in [-0.1, -0.05) is 51.9 Å². The lowest BCUT2D eigenvalue weighted by molar-refractivity contribution is -0.887. The van der Waals surface area contributed by atoms with Crippen LogP contribution in [0.4, 0.5) is 0 Å². The average molecular weight is 366 g/mol. The molecule has 0 saturated carbocycles. The zero-order valence-electron chi connectivity index (χ0n) is 14.8. The van der Waals surface area contributed by atoms with Gasteiger partial charge in [-0.25, -0.2) is 4.79 Å². The molecule has 0 spiro atoms. The molecule has 0 amide bonds. The van der Waals surface area contributed by atoms with E-state index in [0.717, 1.165) is 12.8 Å². The summed E-state index contributed by atoms with van der Waals surface area (Å²) in [7, 11) is 6.23. The van der Waals surface area contributed by atoms with Crippen molar-refractivity contribution in [1.82, 2.24) is 0 Å². The molecule has 0 fully saturated rings. The maximum atomic E-state index is 12.0. The first-order valence-electron chi connectivity index (χ1n) is 8.41. The van der Waals surface area contributed by atoms with E-state index >= 15 is 0 Å². The summed E-state index contributed by atoms with van der Waals surface area (Å²) in [5, 5.41) is 0. The van der Waals surface area contributed by atoms with E-state index in [0.29, 0.717) is 11.1 Å². The number of likely N-dealkylation sites (N-methyl/N-ethyl adjacent to an activating group) is 1. The van der Waals surface area contributed by atoms with Crippen molar-refractivity contribution in [2.45, 2.75) is 77.7 Å². The van der Waals surface area contributed by atoms with Gasteiger partial charge in [-0.3, -0.25) is 0 Å². The number of nitrogens with zero attached hydrogens (tertiary/aromatic N) is 1. The fourth-order valence-corrected chi connectivity index (χ4v) is 2.53. The summed E-state index contributed by atoms with van der Waals surface area (Å²) in [6.07, 6.45) is 11.4. The minimum absolute atomic E-state index is 0. The lowest BCUT2D eigenvalue weighted by Gasteiger charge is -2.32. The van der Waals surface area contributed by atoms with Crippen LogP contribution in [-0.4, -0.2) is 44.2 Å². The molecule has 0 aliphatic carbocycles. The molecule has 0 N–H and O–H groups in total. The highest BCUT2D eigenvalue weighted by Gasteiger charge is 2.32. The monoisotopic (exact) mass is 365 g/mol. The predicted molar refractivity (Wildman–Crippen MR) is 85.7 cm³/mol. The highest BCUT2D eigenvalue weighted by atomic mass is 79.9. The molecular weight excluding hydrogens is 330 g/mol. The van der Waals surface area contributed by atoms with E-state index in [-0.39, 0.29) is 29.0 Å². The number of rotatable bonds is 12. The fraction of sp³-hybridized carbons (Fsp3) is 0.941. The number of carbonyl (C=O) groups is 1. The third-order valence-electron chi connectivity index (χ3n) is 3.82. The Kier molecular flexibility index (Phi) is 15.0. The van der Waals surface area contributed by atoms with Crippen LogP contribution in [0, 0.1) is 0 Å². The van der Waals surface area contributed by atoms with Crippen LogP contribution in [0.15, 0.2) is 0 Å². The van der Waals surface area contributed by atoms with E-state index in [4.69, 9.17) is 4.74 Å². The standard InChI is InChI=1S/C17H36NO2.BrH/c1-6-8-9-10-11-12-13-14-15-16(18(3,4)5)17(19)20-7-2;/h16H,6-15H2,1-5H3;1H/q+1;/p-1. The number of quaternary nitrogens is 1. The minimum atomic E-state index is -0.0389. The first-order valence-corrected chi connectivity index (χ1v) is 8.41. The van der Waals surface area contributed by atoms with Crippen LogP contribution in [0.2, 0.25) is 0 Å². The molecule has 3 nitrogen and oxygen atoms in total. The fourth-order valence-electron chi connectivity index (χ4n) is 2.53. The first-order chi connectivity index (χ1) is 9.43. The van der Waals surface area contributed by atoms with Crippen molar-refractivity contribution in [3.05, 3.63) is 0 Å². The van der Waals surface area contributed by atoms with Crippen LogP contribution in [0.25, 0.3) is 0 Å². The Balaban J connectivity index is 0. The third-order valence-corrected chi connectivity index (χ3v) is 3.82. The Labute approximate surface area is 142 Å². The van der Waals surface area contributed by atoms with Gasteiger partial charge in [-0.2, -0.15) is 0 Å². The molecule has 0 radical (unpaired) electrons. The van der Waals surface area contributed by atoms with E-state index in [1.54, 1.807) is 0 Å². The molecule has 1 unspecified atom stereocenters. The Morgan fingerprint density at radius 1 is 0.905 bits per heavy atom. The molecule has 0 rings (SSSR count). The zero-order chi connectivity index (χ0) is 15.4. The van der Waals surface area contributed by atoms with Crippen molar-refractivity contribution in [3.8, 4) is 0 Å². The summed E-state index contributed by atoms with van der Waals surface area (Å²) in [6, 6.07) is -0.0185. The summed E-state index contributed by atoms with van der Waals surface area (Å²) in [5.41, 5.74) is 0. The van der Waals surface area contributed by atoms with Crippen LogP contribution in [0.5, 0.6) is 0 Å². The van der Waals surface area contributed by atoms with Gasteiger partial charge in [0.25, 0.3) is 0 Å². The second-order valence-corrected chi connectivity index (χ2v) is 6.65. The molecule has 0 aromatic rings. The molecule has 21 heavy (non-hydrogen) atoms. The molecule has 128 valence electrons. The zero-order valence-corrected chi connectivity index (χ0v) is 16.4. The molecule has 0 bridgehead atoms. The maximum Gasteiger partial charge on any atom is 0.364 e. The maximum absolute atomic E-state index is 12.0. The Morgan fingerprint density at radius 2 is 1.38 bits per heavy atom. The van der Waals surface area contributed by atoms with Gasteiger partial charge in [-0.15, -0.1) is 0 Å². The summed E-state index contributed by atoms with van der Waals surface area (Å²) in [4.78, 5) is 12.0. The summed E-state index contributed by atoms with van der Waals surface area (Å²) < 4.78 is 5.86. The number of ether oxygens (including phenoxy) is 1. The van der Waals surface area contributed by atoms with Crippen LogP contribution >= 0.6 is 0 Å². The molecule has 0 aliphatic rings. The number of unbranched alkanes of at least 4 members (excludes halogenated alkanes) is 7. The van der Waals surface area contributed by atoms with Crippen molar-refractivity contribution in [2.24, 2.45) is 0 Å². The number of hydrogen-bond acceptors (Lipinski definition) is 2. The van der Waals surface area contributed by atoms with E-state index in [2.05, 4.69) is 28.1 Å². The second-order valence-electron chi connectivity index (χ2n) is 6.65. The molecule has 0 saturated heterocycles. The third kappa shape index (κ3) is 12.2. The minimum Gasteiger partial charge on any atom is -1.00 e. The molecule has 0 aromatic carbocycles. The number of carbonyl (C=O) groups excluding carboxylic acids is 1.